The lowest BCUT2D eigenvalue weighted by Crippen LogP contribution is -1.91. The summed E-state index contributed by atoms with van der Waals surface area (Å²) in [5.74, 6) is 0. The molecule has 0 aliphatic rings. The van der Waals surface area contributed by atoms with Gasteiger partial charge >= 0.3 is 0 Å². The van der Waals surface area contributed by atoms with Gasteiger partial charge in [-0.15, -0.1) is 0 Å². The highest BCUT2D eigenvalue weighted by Crippen LogP contribution is 2.39. The molecule has 0 aliphatic carbocycles. The molecule has 0 radical (unpaired) electrons. The summed E-state index contributed by atoms with van der Waals surface area (Å²) in [4.78, 5) is 10.2. The van der Waals surface area contributed by atoms with E-state index in [4.69, 9.17) is 14.4 Å². The fraction of sp³-hybridized carbons (Fsp3) is 0. The van der Waals surface area contributed by atoms with Crippen LogP contribution in [0.4, 0.5) is 0 Å². The second kappa shape index (κ2) is 9.15. The van der Waals surface area contributed by atoms with Crippen LogP contribution in [0.2, 0.25) is 0 Å². The van der Waals surface area contributed by atoms with Crippen LogP contribution in [0.15, 0.2) is 132 Å². The third-order valence-corrected chi connectivity index (χ3v) is 7.72. The van der Waals surface area contributed by atoms with Crippen molar-refractivity contribution in [2.24, 2.45) is 0 Å². The summed E-state index contributed by atoms with van der Waals surface area (Å²) in [6, 6.07) is 45.0. The Morgan fingerprint density at radius 2 is 1.20 bits per heavy atom. The second-order valence-electron chi connectivity index (χ2n) is 10.1. The number of rotatable bonds is 3. The maximum atomic E-state index is 9.77. The Balaban J connectivity index is 1.33. The van der Waals surface area contributed by atoms with Crippen molar-refractivity contribution in [2.75, 3.05) is 0 Å². The van der Waals surface area contributed by atoms with Gasteiger partial charge in [0.05, 0.1) is 34.1 Å². The van der Waals surface area contributed by atoms with E-state index in [-0.39, 0.29) is 0 Å². The zero-order chi connectivity index (χ0) is 27.3. The summed E-state index contributed by atoms with van der Waals surface area (Å²) < 4.78 is 6.25. The van der Waals surface area contributed by atoms with Gasteiger partial charge in [0.15, 0.2) is 0 Å². The molecule has 41 heavy (non-hydrogen) atoms. The van der Waals surface area contributed by atoms with E-state index < -0.39 is 0 Å². The molecular weight excluding hydrogens is 502 g/mol. The fourth-order valence-electron chi connectivity index (χ4n) is 5.72. The van der Waals surface area contributed by atoms with Gasteiger partial charge in [-0.05, 0) is 48.0 Å². The van der Waals surface area contributed by atoms with E-state index in [2.05, 4.69) is 72.8 Å². The van der Waals surface area contributed by atoms with E-state index in [0.717, 1.165) is 77.4 Å². The van der Waals surface area contributed by atoms with Gasteiger partial charge in [-0.2, -0.15) is 5.26 Å². The predicted octanol–water partition coefficient (Wildman–Crippen LogP) is 9.56. The van der Waals surface area contributed by atoms with Crippen LogP contribution >= 0.6 is 0 Å². The summed E-state index contributed by atoms with van der Waals surface area (Å²) in [7, 11) is 0. The summed E-state index contributed by atoms with van der Waals surface area (Å²) in [5.41, 5.74) is 9.71. The first-order valence-corrected chi connectivity index (χ1v) is 13.5. The van der Waals surface area contributed by atoms with Crippen LogP contribution in [0.5, 0.6) is 0 Å². The van der Waals surface area contributed by atoms with Gasteiger partial charge < -0.3 is 4.42 Å². The Kier molecular flexibility index (Phi) is 5.16. The van der Waals surface area contributed by atoms with Crippen molar-refractivity contribution in [3.63, 3.8) is 0 Å². The van der Waals surface area contributed by atoms with Crippen LogP contribution < -0.4 is 0 Å². The van der Waals surface area contributed by atoms with E-state index in [9.17, 15) is 5.26 Å². The minimum Gasteiger partial charge on any atom is -0.456 e. The van der Waals surface area contributed by atoms with Gasteiger partial charge in [0.25, 0.3) is 0 Å². The van der Waals surface area contributed by atoms with E-state index in [1.807, 2.05) is 60.7 Å². The van der Waals surface area contributed by atoms with Crippen molar-refractivity contribution >= 4 is 43.7 Å². The summed E-state index contributed by atoms with van der Waals surface area (Å²) in [6.07, 6.45) is 0. The van der Waals surface area contributed by atoms with Crippen LogP contribution in [0, 0.1) is 11.3 Å². The SMILES string of the molecule is N#Cc1ccccc1-c1cccc2oc3ccc(-c4ccc5ccc6ccc(-c7ccccc7)nc6c5n4)cc3c12. The molecule has 3 aromatic heterocycles. The number of hydrogen-bond donors (Lipinski definition) is 0. The molecule has 4 heteroatoms. The summed E-state index contributed by atoms with van der Waals surface area (Å²) in [6.45, 7) is 0. The van der Waals surface area contributed by atoms with Crippen molar-refractivity contribution < 1.29 is 4.42 Å². The largest absolute Gasteiger partial charge is 0.456 e. The topological polar surface area (TPSA) is 62.7 Å². The lowest BCUT2D eigenvalue weighted by molar-refractivity contribution is 0.669. The average molecular weight is 524 g/mol. The minimum absolute atomic E-state index is 0.635. The molecule has 0 saturated heterocycles. The molecule has 8 aromatic rings. The van der Waals surface area contributed by atoms with Crippen LogP contribution in [0.25, 0.3) is 77.4 Å². The standard InChI is InChI=1S/C37H21N3O/c38-22-27-9-4-5-10-28(27)29-11-6-12-34-35(29)30-21-26(17-20-33(30)41-34)32-19-16-25-14-13-24-15-18-31(23-7-2-1-3-8-23)39-36(24)37(25)40-32/h1-21H. The molecular formula is C37H21N3O. The number of furan rings is 1. The van der Waals surface area contributed by atoms with E-state index in [0.29, 0.717) is 5.56 Å². The molecule has 8 rings (SSSR count). The number of hydrogen-bond acceptors (Lipinski definition) is 4. The minimum atomic E-state index is 0.635. The van der Waals surface area contributed by atoms with E-state index in [1.165, 1.54) is 0 Å². The zero-order valence-electron chi connectivity index (χ0n) is 21.9. The summed E-state index contributed by atoms with van der Waals surface area (Å²) in [5, 5.41) is 13.8. The van der Waals surface area contributed by atoms with E-state index >= 15 is 0 Å². The maximum Gasteiger partial charge on any atom is 0.136 e. The highest BCUT2D eigenvalue weighted by molar-refractivity contribution is 6.14. The monoisotopic (exact) mass is 523 g/mol. The number of nitriles is 1. The molecule has 5 aromatic carbocycles. The van der Waals surface area contributed by atoms with Crippen molar-refractivity contribution in [1.82, 2.24) is 9.97 Å². The highest BCUT2D eigenvalue weighted by atomic mass is 16.3. The van der Waals surface area contributed by atoms with Crippen LogP contribution in [0.1, 0.15) is 5.56 Å². The quantitative estimate of drug-likeness (QED) is 0.216. The molecule has 0 amide bonds. The number of benzene rings is 5. The maximum absolute atomic E-state index is 9.77. The Morgan fingerprint density at radius 1 is 0.537 bits per heavy atom. The zero-order valence-corrected chi connectivity index (χ0v) is 21.9. The fourth-order valence-corrected chi connectivity index (χ4v) is 5.72. The Hall–Kier alpha value is -5.79. The molecule has 0 unspecified atom stereocenters. The first kappa shape index (κ1) is 23.1. The number of fused-ring (bicyclic) bond motifs is 6. The first-order chi connectivity index (χ1) is 20.3. The van der Waals surface area contributed by atoms with Crippen molar-refractivity contribution in [3.8, 4) is 39.7 Å². The smallest absolute Gasteiger partial charge is 0.136 e. The van der Waals surface area contributed by atoms with E-state index in [1.54, 1.807) is 0 Å². The van der Waals surface area contributed by atoms with Crippen molar-refractivity contribution in [2.45, 2.75) is 0 Å². The molecule has 190 valence electrons. The average Bonchev–Trinajstić information content (AvgIpc) is 3.43. The van der Waals surface area contributed by atoms with Crippen molar-refractivity contribution in [3.05, 3.63) is 133 Å². The molecule has 0 fully saturated rings. The number of pyridine rings is 2. The molecule has 4 nitrogen and oxygen atoms in total. The van der Waals surface area contributed by atoms with Gasteiger partial charge in [0.2, 0.25) is 0 Å². The Bertz CT molecular complexity index is 2330. The third-order valence-electron chi connectivity index (χ3n) is 7.72. The second-order valence-corrected chi connectivity index (χ2v) is 10.1. The Morgan fingerprint density at radius 3 is 1.95 bits per heavy atom. The molecule has 0 saturated carbocycles. The van der Waals surface area contributed by atoms with Gasteiger partial charge in [-0.25, -0.2) is 9.97 Å². The predicted molar refractivity (Wildman–Crippen MR) is 165 cm³/mol. The lowest BCUT2D eigenvalue weighted by Gasteiger charge is -2.09. The molecule has 0 atom stereocenters. The van der Waals surface area contributed by atoms with Gasteiger partial charge in [-0.1, -0.05) is 84.9 Å². The highest BCUT2D eigenvalue weighted by Gasteiger charge is 2.16. The van der Waals surface area contributed by atoms with Crippen LogP contribution in [0.3, 0.4) is 0 Å². The third kappa shape index (κ3) is 3.76. The number of aromatic nitrogens is 2. The van der Waals surface area contributed by atoms with Gasteiger partial charge in [0, 0.05) is 38.2 Å². The summed E-state index contributed by atoms with van der Waals surface area (Å²) >= 11 is 0. The number of nitrogens with zero attached hydrogens (tertiary/aromatic N) is 3. The van der Waals surface area contributed by atoms with Crippen LogP contribution in [-0.4, -0.2) is 9.97 Å². The Labute approximate surface area is 235 Å². The molecule has 0 aliphatic heterocycles. The van der Waals surface area contributed by atoms with Crippen LogP contribution in [-0.2, 0) is 0 Å². The van der Waals surface area contributed by atoms with Gasteiger partial charge in [-0.3, -0.25) is 0 Å². The van der Waals surface area contributed by atoms with Gasteiger partial charge in [0.1, 0.15) is 11.2 Å². The lowest BCUT2D eigenvalue weighted by atomic mass is 9.95. The first-order valence-electron chi connectivity index (χ1n) is 13.5. The molecule has 0 spiro atoms. The molecule has 0 bridgehead atoms. The normalized spacial score (nSPS) is 11.4. The molecule has 3 heterocycles. The van der Waals surface area contributed by atoms with Crippen molar-refractivity contribution in [1.29, 1.82) is 5.26 Å². The molecule has 0 N–H and O–H groups in total.